The quantitative estimate of drug-likeness (QED) is 0.817. The molecule has 0 saturated carbocycles. The van der Waals surface area contributed by atoms with Gasteiger partial charge in [-0.05, 0) is 29.7 Å². The van der Waals surface area contributed by atoms with E-state index in [-0.39, 0.29) is 0 Å². The smallest absolute Gasteiger partial charge is 0.413 e. The van der Waals surface area contributed by atoms with Crippen LogP contribution in [-0.2, 0) is 6.42 Å². The summed E-state index contributed by atoms with van der Waals surface area (Å²) in [5, 5.41) is 0. The van der Waals surface area contributed by atoms with E-state index in [1.54, 1.807) is 48.5 Å². The molecule has 1 aliphatic rings. The zero-order chi connectivity index (χ0) is 15.7. The number of hydrogen-bond acceptors (Lipinski definition) is 2. The molecule has 116 valence electrons. The largest absolute Gasteiger partial charge is 0.495 e. The van der Waals surface area contributed by atoms with Crippen molar-refractivity contribution in [2.45, 2.75) is 18.6 Å². The van der Waals surface area contributed by atoms with Crippen LogP contribution in [0.4, 0.5) is 18.9 Å². The fourth-order valence-corrected chi connectivity index (χ4v) is 3.05. The van der Waals surface area contributed by atoms with E-state index in [1.807, 2.05) is 0 Å². The summed E-state index contributed by atoms with van der Waals surface area (Å²) in [7, 11) is 1.47. The number of nitrogens with zero attached hydrogens (tertiary/aromatic N) is 1. The Morgan fingerprint density at radius 1 is 1.05 bits per heavy atom. The van der Waals surface area contributed by atoms with Crippen LogP contribution in [0.5, 0.6) is 5.75 Å². The molecule has 0 aliphatic carbocycles. The lowest BCUT2D eigenvalue weighted by Gasteiger charge is -2.40. The van der Waals surface area contributed by atoms with Crippen molar-refractivity contribution < 1.29 is 17.9 Å². The van der Waals surface area contributed by atoms with Gasteiger partial charge in [0.25, 0.3) is 0 Å². The maximum Gasteiger partial charge on any atom is 0.413 e. The number of benzene rings is 2. The van der Waals surface area contributed by atoms with Crippen molar-refractivity contribution >= 4 is 5.69 Å². The van der Waals surface area contributed by atoms with E-state index in [0.717, 1.165) is 5.56 Å². The molecule has 22 heavy (non-hydrogen) atoms. The molecule has 2 aromatic rings. The molecule has 1 aliphatic heterocycles. The molecule has 1 atom stereocenters. The summed E-state index contributed by atoms with van der Waals surface area (Å²) in [5.74, 6) is 0.455. The highest BCUT2D eigenvalue weighted by Crippen LogP contribution is 2.45. The molecule has 0 spiro atoms. The van der Waals surface area contributed by atoms with Gasteiger partial charge >= 0.3 is 6.18 Å². The van der Waals surface area contributed by atoms with Gasteiger partial charge in [0.1, 0.15) is 5.75 Å². The molecular formula is C17H16F3NO. The van der Waals surface area contributed by atoms with E-state index < -0.39 is 12.2 Å². The van der Waals surface area contributed by atoms with Crippen molar-refractivity contribution in [3.05, 3.63) is 59.7 Å². The lowest BCUT2D eigenvalue weighted by molar-refractivity contribution is -0.151. The standard InChI is InChI=1S/C17H16F3NO/c1-22-15-9-5-4-8-14(15)21-11-10-12-6-2-3-7-13(12)16(21)17(18,19)20/h2-9,16H,10-11H2,1H3. The Morgan fingerprint density at radius 3 is 2.45 bits per heavy atom. The SMILES string of the molecule is COc1ccccc1N1CCc2ccccc2C1C(F)(F)F. The summed E-state index contributed by atoms with van der Waals surface area (Å²) in [6, 6.07) is 12.0. The molecular weight excluding hydrogens is 291 g/mol. The molecule has 0 amide bonds. The number of rotatable bonds is 2. The Morgan fingerprint density at radius 2 is 1.73 bits per heavy atom. The van der Waals surface area contributed by atoms with E-state index in [0.29, 0.717) is 30.0 Å². The Labute approximate surface area is 127 Å². The molecule has 0 bridgehead atoms. The van der Waals surface area contributed by atoms with Crippen LogP contribution < -0.4 is 9.64 Å². The number of hydrogen-bond donors (Lipinski definition) is 0. The fourth-order valence-electron chi connectivity index (χ4n) is 3.05. The van der Waals surface area contributed by atoms with Gasteiger partial charge in [-0.3, -0.25) is 0 Å². The van der Waals surface area contributed by atoms with Crippen LogP contribution >= 0.6 is 0 Å². The summed E-state index contributed by atoms with van der Waals surface area (Å²) in [4.78, 5) is 1.39. The molecule has 0 fully saturated rings. The third-order valence-electron chi connectivity index (χ3n) is 3.99. The first kappa shape index (κ1) is 14.8. The van der Waals surface area contributed by atoms with Crippen LogP contribution in [0, 0.1) is 0 Å². The van der Waals surface area contributed by atoms with Gasteiger partial charge in [-0.25, -0.2) is 0 Å². The third-order valence-corrected chi connectivity index (χ3v) is 3.99. The van der Waals surface area contributed by atoms with Gasteiger partial charge in [0, 0.05) is 6.54 Å². The van der Waals surface area contributed by atoms with E-state index in [2.05, 4.69) is 0 Å². The predicted molar refractivity (Wildman–Crippen MR) is 79.3 cm³/mol. The lowest BCUT2D eigenvalue weighted by atomic mass is 9.91. The van der Waals surface area contributed by atoms with Crippen LogP contribution in [0.2, 0.25) is 0 Å². The zero-order valence-electron chi connectivity index (χ0n) is 12.1. The molecule has 5 heteroatoms. The summed E-state index contributed by atoms with van der Waals surface area (Å²) in [6.45, 7) is 0.307. The molecule has 0 radical (unpaired) electrons. The first-order valence-corrected chi connectivity index (χ1v) is 7.06. The highest BCUT2D eigenvalue weighted by atomic mass is 19.4. The van der Waals surface area contributed by atoms with Crippen LogP contribution in [-0.4, -0.2) is 19.8 Å². The number of methoxy groups -OCH3 is 1. The number of para-hydroxylation sites is 2. The van der Waals surface area contributed by atoms with Crippen LogP contribution in [0.1, 0.15) is 17.2 Å². The fraction of sp³-hybridized carbons (Fsp3) is 0.294. The topological polar surface area (TPSA) is 12.5 Å². The van der Waals surface area contributed by atoms with Crippen molar-refractivity contribution in [3.8, 4) is 5.75 Å². The molecule has 0 aromatic heterocycles. The number of ether oxygens (including phenoxy) is 1. The second kappa shape index (κ2) is 5.55. The van der Waals surface area contributed by atoms with Gasteiger partial charge < -0.3 is 9.64 Å². The highest BCUT2D eigenvalue weighted by Gasteiger charge is 2.47. The van der Waals surface area contributed by atoms with Gasteiger partial charge in [-0.1, -0.05) is 36.4 Å². The number of anilines is 1. The number of alkyl halides is 3. The van der Waals surface area contributed by atoms with Crippen molar-refractivity contribution in [2.24, 2.45) is 0 Å². The van der Waals surface area contributed by atoms with Gasteiger partial charge in [0.2, 0.25) is 0 Å². The van der Waals surface area contributed by atoms with Crippen molar-refractivity contribution in [1.82, 2.24) is 0 Å². The molecule has 1 heterocycles. The van der Waals surface area contributed by atoms with Gasteiger partial charge in [0.05, 0.1) is 12.8 Å². The number of fused-ring (bicyclic) bond motifs is 1. The Kier molecular flexibility index (Phi) is 3.72. The lowest BCUT2D eigenvalue weighted by Crippen LogP contribution is -2.43. The predicted octanol–water partition coefficient (Wildman–Crippen LogP) is 4.36. The summed E-state index contributed by atoms with van der Waals surface area (Å²) in [6.07, 6.45) is -3.77. The van der Waals surface area contributed by atoms with Crippen LogP contribution in [0.25, 0.3) is 0 Å². The first-order valence-electron chi connectivity index (χ1n) is 7.06. The van der Waals surface area contributed by atoms with Crippen molar-refractivity contribution in [1.29, 1.82) is 0 Å². The highest BCUT2D eigenvalue weighted by molar-refractivity contribution is 5.61. The van der Waals surface area contributed by atoms with E-state index >= 15 is 0 Å². The minimum absolute atomic E-state index is 0.307. The maximum atomic E-state index is 13.7. The Bertz CT molecular complexity index is 669. The average molecular weight is 307 g/mol. The van der Waals surface area contributed by atoms with Crippen molar-refractivity contribution in [2.75, 3.05) is 18.6 Å². The minimum atomic E-state index is -4.35. The van der Waals surface area contributed by atoms with Gasteiger partial charge in [0.15, 0.2) is 6.04 Å². The maximum absolute atomic E-state index is 13.7. The minimum Gasteiger partial charge on any atom is -0.495 e. The van der Waals surface area contributed by atoms with Crippen LogP contribution in [0.3, 0.4) is 0 Å². The summed E-state index contributed by atoms with van der Waals surface area (Å²) < 4.78 is 46.4. The average Bonchev–Trinajstić information content (AvgIpc) is 2.52. The number of halogens is 3. The second-order valence-electron chi connectivity index (χ2n) is 5.26. The molecule has 3 rings (SSSR count). The molecule has 0 N–H and O–H groups in total. The second-order valence-corrected chi connectivity index (χ2v) is 5.26. The normalized spacial score (nSPS) is 18.0. The van der Waals surface area contributed by atoms with Crippen molar-refractivity contribution in [3.63, 3.8) is 0 Å². The zero-order valence-corrected chi connectivity index (χ0v) is 12.1. The molecule has 2 aromatic carbocycles. The Balaban J connectivity index is 2.12. The van der Waals surface area contributed by atoms with E-state index in [1.165, 1.54) is 12.0 Å². The van der Waals surface area contributed by atoms with Crippen LogP contribution in [0.15, 0.2) is 48.5 Å². The molecule has 1 unspecified atom stereocenters. The van der Waals surface area contributed by atoms with Gasteiger partial charge in [-0.2, -0.15) is 13.2 Å². The monoisotopic (exact) mass is 307 g/mol. The molecule has 2 nitrogen and oxygen atoms in total. The van der Waals surface area contributed by atoms with Gasteiger partial charge in [-0.15, -0.1) is 0 Å². The van der Waals surface area contributed by atoms with E-state index in [4.69, 9.17) is 4.74 Å². The third kappa shape index (κ3) is 2.51. The van der Waals surface area contributed by atoms with E-state index in [9.17, 15) is 13.2 Å². The summed E-state index contributed by atoms with van der Waals surface area (Å²) in [5.41, 5.74) is 1.56. The molecule has 0 saturated heterocycles. The first-order chi connectivity index (χ1) is 10.5. The summed E-state index contributed by atoms with van der Waals surface area (Å²) >= 11 is 0. The Hall–Kier alpha value is -2.17.